The molecule has 0 bridgehead atoms. The molecule has 1 fully saturated rings. The summed E-state index contributed by atoms with van der Waals surface area (Å²) in [6, 6.07) is 2.63. The molecule has 1 saturated carbocycles. The molecule has 5 unspecified atom stereocenters. The fraction of sp³-hybridized carbons (Fsp3) is 0.640. The van der Waals surface area contributed by atoms with Crippen LogP contribution in [0.4, 0.5) is 0 Å². The van der Waals surface area contributed by atoms with Crippen LogP contribution in [0.1, 0.15) is 71.6 Å². The Morgan fingerprint density at radius 1 is 1.31 bits per heavy atom. The molecule has 0 heterocycles. The maximum atomic E-state index is 9.61. The molecule has 0 aromatic rings. The molecule has 5 atom stereocenters. The third-order valence-electron chi connectivity index (χ3n) is 8.22. The Morgan fingerprint density at radius 3 is 2.88 bits per heavy atom. The molecule has 1 nitrogen and oxygen atoms in total. The molecule has 0 aromatic carbocycles. The smallest absolute Gasteiger partial charge is 0.0661 e. The van der Waals surface area contributed by atoms with Crippen LogP contribution >= 0.6 is 0 Å². The van der Waals surface area contributed by atoms with E-state index in [9.17, 15) is 5.26 Å². The zero-order chi connectivity index (χ0) is 18.4. The van der Waals surface area contributed by atoms with Gasteiger partial charge in [-0.05, 0) is 86.2 Å². The van der Waals surface area contributed by atoms with E-state index in [0.717, 1.165) is 25.2 Å². The normalized spacial score (nSPS) is 41.9. The van der Waals surface area contributed by atoms with Crippen LogP contribution in [0.25, 0.3) is 0 Å². The number of allylic oxidation sites excluding steroid dienone is 7. The van der Waals surface area contributed by atoms with E-state index < -0.39 is 0 Å². The highest BCUT2D eigenvalue weighted by atomic mass is 14.6. The van der Waals surface area contributed by atoms with Gasteiger partial charge in [-0.1, -0.05) is 43.7 Å². The Bertz CT molecular complexity index is 730. The van der Waals surface area contributed by atoms with Crippen molar-refractivity contribution in [1.29, 1.82) is 5.26 Å². The van der Waals surface area contributed by atoms with Crippen molar-refractivity contribution in [3.63, 3.8) is 0 Å². The molecule has 0 aromatic heterocycles. The third-order valence-corrected chi connectivity index (χ3v) is 8.22. The quantitative estimate of drug-likeness (QED) is 0.509. The van der Waals surface area contributed by atoms with Gasteiger partial charge in [0.15, 0.2) is 0 Å². The molecule has 26 heavy (non-hydrogen) atoms. The fourth-order valence-electron chi connectivity index (χ4n) is 6.61. The third kappa shape index (κ3) is 2.57. The summed E-state index contributed by atoms with van der Waals surface area (Å²) < 4.78 is 0. The van der Waals surface area contributed by atoms with Crippen LogP contribution in [0.15, 0.2) is 47.6 Å². The van der Waals surface area contributed by atoms with E-state index >= 15 is 0 Å². The first-order chi connectivity index (χ1) is 12.6. The molecule has 0 spiro atoms. The average molecular weight is 348 g/mol. The summed E-state index contributed by atoms with van der Waals surface area (Å²) in [4.78, 5) is 0. The van der Waals surface area contributed by atoms with Crippen molar-refractivity contribution in [3.8, 4) is 6.07 Å². The van der Waals surface area contributed by atoms with E-state index in [1.165, 1.54) is 38.5 Å². The Kier molecular flexibility index (Phi) is 4.50. The van der Waals surface area contributed by atoms with Gasteiger partial charge in [-0.15, -0.1) is 6.58 Å². The minimum atomic E-state index is 0.185. The summed E-state index contributed by atoms with van der Waals surface area (Å²) in [5.41, 5.74) is 5.50. The average Bonchev–Trinajstić information content (AvgIpc) is 3.02. The van der Waals surface area contributed by atoms with Crippen LogP contribution in [-0.4, -0.2) is 0 Å². The van der Waals surface area contributed by atoms with Crippen LogP contribution < -0.4 is 0 Å². The topological polar surface area (TPSA) is 23.8 Å². The van der Waals surface area contributed by atoms with Gasteiger partial charge in [0.2, 0.25) is 0 Å². The second-order valence-corrected chi connectivity index (χ2v) is 9.39. The molecule has 4 aliphatic carbocycles. The van der Waals surface area contributed by atoms with Crippen molar-refractivity contribution in [2.75, 3.05) is 0 Å². The van der Waals surface area contributed by atoms with Gasteiger partial charge in [0, 0.05) is 5.41 Å². The first-order valence-electron chi connectivity index (χ1n) is 10.7. The number of fused-ring (bicyclic) bond motifs is 4. The molecule has 4 aliphatic rings. The monoisotopic (exact) mass is 347 g/mol. The molecule has 0 saturated heterocycles. The van der Waals surface area contributed by atoms with Gasteiger partial charge >= 0.3 is 0 Å². The Morgan fingerprint density at radius 2 is 2.15 bits per heavy atom. The minimum absolute atomic E-state index is 0.185. The number of rotatable bonds is 3. The van der Waals surface area contributed by atoms with Gasteiger partial charge in [0.05, 0.1) is 12.0 Å². The highest BCUT2D eigenvalue weighted by Crippen LogP contribution is 2.61. The van der Waals surface area contributed by atoms with Crippen molar-refractivity contribution < 1.29 is 0 Å². The SMILES string of the molecule is C=CC1(/C=C\CC)CCC2=C(CCC3C2=CCC2(C)C(C#N)CCC32)C1. The molecule has 0 N–H and O–H groups in total. The van der Waals surface area contributed by atoms with Crippen LogP contribution in [0, 0.1) is 39.9 Å². The maximum Gasteiger partial charge on any atom is 0.0661 e. The van der Waals surface area contributed by atoms with Gasteiger partial charge in [-0.2, -0.15) is 5.26 Å². The summed E-state index contributed by atoms with van der Waals surface area (Å²) in [5.74, 6) is 1.71. The molecule has 4 rings (SSSR count). The fourth-order valence-corrected chi connectivity index (χ4v) is 6.61. The van der Waals surface area contributed by atoms with Gasteiger partial charge in [0.1, 0.15) is 0 Å². The standard InChI is InChI=1S/C25H33N/c1-4-6-13-25(5-2)15-12-20-18(16-25)7-9-22-21(20)11-14-24(3)19(17-26)8-10-23(22)24/h5-6,11,13,19,22-23H,2,4,7-10,12,14-16H2,1,3H3/b13-6-. The first-order valence-corrected chi connectivity index (χ1v) is 10.7. The molecule has 0 amide bonds. The lowest BCUT2D eigenvalue weighted by Gasteiger charge is -2.48. The molecular formula is C25H33N. The number of hydrogen-bond donors (Lipinski definition) is 0. The largest absolute Gasteiger partial charge is 0.198 e. The van der Waals surface area contributed by atoms with E-state index in [1.54, 1.807) is 16.7 Å². The summed E-state index contributed by atoms with van der Waals surface area (Å²) in [6.07, 6.45) is 20.3. The summed E-state index contributed by atoms with van der Waals surface area (Å²) >= 11 is 0. The van der Waals surface area contributed by atoms with Crippen molar-refractivity contribution in [2.45, 2.75) is 71.6 Å². The van der Waals surface area contributed by atoms with Gasteiger partial charge < -0.3 is 0 Å². The second-order valence-electron chi connectivity index (χ2n) is 9.39. The summed E-state index contributed by atoms with van der Waals surface area (Å²) in [5, 5.41) is 9.61. The predicted molar refractivity (Wildman–Crippen MR) is 108 cm³/mol. The maximum absolute atomic E-state index is 9.61. The van der Waals surface area contributed by atoms with Crippen LogP contribution in [0.3, 0.4) is 0 Å². The van der Waals surface area contributed by atoms with E-state index in [-0.39, 0.29) is 16.7 Å². The molecule has 0 aliphatic heterocycles. The van der Waals surface area contributed by atoms with E-state index in [1.807, 2.05) is 0 Å². The minimum Gasteiger partial charge on any atom is -0.198 e. The molecule has 138 valence electrons. The van der Waals surface area contributed by atoms with E-state index in [2.05, 4.69) is 50.8 Å². The number of nitriles is 1. The highest BCUT2D eigenvalue weighted by Gasteiger charge is 2.53. The van der Waals surface area contributed by atoms with Crippen LogP contribution in [0.2, 0.25) is 0 Å². The van der Waals surface area contributed by atoms with Crippen molar-refractivity contribution in [3.05, 3.63) is 47.6 Å². The van der Waals surface area contributed by atoms with Gasteiger partial charge in [-0.3, -0.25) is 0 Å². The van der Waals surface area contributed by atoms with Crippen molar-refractivity contribution >= 4 is 0 Å². The van der Waals surface area contributed by atoms with E-state index in [4.69, 9.17) is 0 Å². The zero-order valence-electron chi connectivity index (χ0n) is 16.6. The summed E-state index contributed by atoms with van der Waals surface area (Å²) in [7, 11) is 0. The molecule has 1 heteroatoms. The lowest BCUT2D eigenvalue weighted by atomic mass is 9.56. The number of hydrogen-bond acceptors (Lipinski definition) is 1. The van der Waals surface area contributed by atoms with Crippen molar-refractivity contribution in [1.82, 2.24) is 0 Å². The van der Waals surface area contributed by atoms with Gasteiger partial charge in [-0.25, -0.2) is 0 Å². The second kappa shape index (κ2) is 6.56. The molecule has 0 radical (unpaired) electrons. The van der Waals surface area contributed by atoms with Gasteiger partial charge in [0.25, 0.3) is 0 Å². The number of nitrogens with zero attached hydrogens (tertiary/aromatic N) is 1. The Balaban J connectivity index is 1.65. The lowest BCUT2D eigenvalue weighted by Crippen LogP contribution is -2.39. The van der Waals surface area contributed by atoms with Crippen LogP contribution in [0.5, 0.6) is 0 Å². The van der Waals surface area contributed by atoms with Crippen molar-refractivity contribution in [2.24, 2.45) is 28.6 Å². The summed E-state index contributed by atoms with van der Waals surface area (Å²) in [6.45, 7) is 8.79. The zero-order valence-corrected chi connectivity index (χ0v) is 16.6. The highest BCUT2D eigenvalue weighted by molar-refractivity contribution is 5.46. The lowest BCUT2D eigenvalue weighted by molar-refractivity contribution is 0.126. The predicted octanol–water partition coefficient (Wildman–Crippen LogP) is 6.90. The van der Waals surface area contributed by atoms with E-state index in [0.29, 0.717) is 5.92 Å². The first kappa shape index (κ1) is 17.8. The molecular weight excluding hydrogens is 314 g/mol. The van der Waals surface area contributed by atoms with Crippen LogP contribution in [-0.2, 0) is 0 Å². The Labute approximate surface area is 159 Å². The Hall–Kier alpha value is -1.55.